The van der Waals surface area contributed by atoms with Crippen molar-refractivity contribution in [2.45, 2.75) is 31.2 Å². The van der Waals surface area contributed by atoms with E-state index < -0.39 is 29.5 Å². The topological polar surface area (TPSA) is 141 Å². The maximum Gasteiger partial charge on any atom is 0.278 e. The molecule has 126 valence electrons. The van der Waals surface area contributed by atoms with E-state index in [-0.39, 0.29) is 37.0 Å². The van der Waals surface area contributed by atoms with Gasteiger partial charge in [0.25, 0.3) is 5.69 Å². The minimum atomic E-state index is -1.47. The average Bonchev–Trinajstić information content (AvgIpc) is 2.98. The largest absolute Gasteiger partial charge is 0.454 e. The fourth-order valence-electron chi connectivity index (χ4n) is 2.36. The molecule has 0 spiro atoms. The zero-order valence-corrected chi connectivity index (χ0v) is 11.8. The normalized spacial score (nSPS) is 29.5. The molecule has 10 nitrogen and oxygen atoms in total. The van der Waals surface area contributed by atoms with Crippen LogP contribution in [-0.4, -0.2) is 58.2 Å². The third kappa shape index (κ3) is 3.07. The standard InChI is InChI=1S/C13H15NO9/c15-8-4-21-13(12(17)11(8)16)20-3-6-1-9-10(23-5-22-9)2-7(6)14(18)19/h1-2,8,11-13,15-17H,3-5H2/t8-,11?,12?,13+/m0/s1. The Bertz CT molecular complexity index is 607. The SMILES string of the molecule is O=[N+]([O-])c1cc2c(cc1CO[C@@H]1OC[C@H](O)C(O)C1O)OCO2. The van der Waals surface area contributed by atoms with Crippen LogP contribution in [0.2, 0.25) is 0 Å². The molecule has 4 atom stereocenters. The summed E-state index contributed by atoms with van der Waals surface area (Å²) in [6.07, 6.45) is -5.31. The predicted molar refractivity (Wildman–Crippen MR) is 71.8 cm³/mol. The monoisotopic (exact) mass is 329 g/mol. The molecular weight excluding hydrogens is 314 g/mol. The van der Waals surface area contributed by atoms with Crippen LogP contribution in [0.5, 0.6) is 11.5 Å². The Hall–Kier alpha value is -1.98. The summed E-state index contributed by atoms with van der Waals surface area (Å²) in [7, 11) is 0. The molecule has 2 aliphatic rings. The van der Waals surface area contributed by atoms with E-state index in [1.807, 2.05) is 0 Å². The first-order valence-electron chi connectivity index (χ1n) is 6.81. The number of fused-ring (bicyclic) bond motifs is 1. The second-order valence-electron chi connectivity index (χ2n) is 5.15. The molecular formula is C13H15NO9. The summed E-state index contributed by atoms with van der Waals surface area (Å²) < 4.78 is 20.6. The highest BCUT2D eigenvalue weighted by Crippen LogP contribution is 2.38. The van der Waals surface area contributed by atoms with Crippen molar-refractivity contribution in [1.29, 1.82) is 0 Å². The van der Waals surface area contributed by atoms with Crippen LogP contribution in [0.4, 0.5) is 5.69 Å². The molecule has 10 heteroatoms. The minimum Gasteiger partial charge on any atom is -0.454 e. The number of nitro groups is 1. The van der Waals surface area contributed by atoms with Crippen LogP contribution in [-0.2, 0) is 16.1 Å². The van der Waals surface area contributed by atoms with Gasteiger partial charge in [-0.3, -0.25) is 10.1 Å². The van der Waals surface area contributed by atoms with Gasteiger partial charge in [-0.2, -0.15) is 0 Å². The van der Waals surface area contributed by atoms with Gasteiger partial charge < -0.3 is 34.3 Å². The zero-order valence-electron chi connectivity index (χ0n) is 11.8. The summed E-state index contributed by atoms with van der Waals surface area (Å²) in [5.74, 6) is 0.628. The van der Waals surface area contributed by atoms with E-state index in [0.29, 0.717) is 5.75 Å². The number of hydrogen-bond acceptors (Lipinski definition) is 9. The molecule has 1 saturated heterocycles. The smallest absolute Gasteiger partial charge is 0.278 e. The van der Waals surface area contributed by atoms with Crippen LogP contribution in [0.15, 0.2) is 12.1 Å². The highest BCUT2D eigenvalue weighted by atomic mass is 16.7. The average molecular weight is 329 g/mol. The van der Waals surface area contributed by atoms with Gasteiger partial charge in [0.1, 0.15) is 18.3 Å². The van der Waals surface area contributed by atoms with Crippen LogP contribution in [0.1, 0.15) is 5.56 Å². The van der Waals surface area contributed by atoms with E-state index >= 15 is 0 Å². The van der Waals surface area contributed by atoms with E-state index in [1.54, 1.807) is 0 Å². The van der Waals surface area contributed by atoms with Gasteiger partial charge in [-0.1, -0.05) is 0 Å². The molecule has 0 aromatic heterocycles. The Morgan fingerprint density at radius 1 is 1.22 bits per heavy atom. The van der Waals surface area contributed by atoms with Gasteiger partial charge in [0.05, 0.1) is 29.8 Å². The molecule has 2 aliphatic heterocycles. The van der Waals surface area contributed by atoms with E-state index in [1.165, 1.54) is 12.1 Å². The highest BCUT2D eigenvalue weighted by molar-refractivity contribution is 5.55. The lowest BCUT2D eigenvalue weighted by Crippen LogP contribution is -2.53. The lowest BCUT2D eigenvalue weighted by atomic mass is 10.1. The highest BCUT2D eigenvalue weighted by Gasteiger charge is 2.38. The van der Waals surface area contributed by atoms with Crippen molar-refractivity contribution in [3.8, 4) is 11.5 Å². The molecule has 1 aromatic carbocycles. The quantitative estimate of drug-likeness (QED) is 0.482. The molecule has 0 saturated carbocycles. The van der Waals surface area contributed by atoms with Gasteiger partial charge in [0, 0.05) is 0 Å². The molecule has 1 aromatic rings. The second-order valence-corrected chi connectivity index (χ2v) is 5.15. The number of benzene rings is 1. The molecule has 3 N–H and O–H groups in total. The number of aliphatic hydroxyl groups is 3. The number of nitro benzene ring substituents is 1. The van der Waals surface area contributed by atoms with Crippen molar-refractivity contribution >= 4 is 5.69 Å². The number of ether oxygens (including phenoxy) is 4. The molecule has 0 amide bonds. The number of rotatable bonds is 4. The van der Waals surface area contributed by atoms with Gasteiger partial charge >= 0.3 is 0 Å². The second kappa shape index (κ2) is 6.26. The lowest BCUT2D eigenvalue weighted by molar-refractivity contribution is -0.386. The van der Waals surface area contributed by atoms with Gasteiger partial charge in [0.15, 0.2) is 17.8 Å². The summed E-state index contributed by atoms with van der Waals surface area (Å²) in [4.78, 5) is 10.5. The molecule has 2 unspecified atom stereocenters. The van der Waals surface area contributed by atoms with Crippen molar-refractivity contribution in [2.75, 3.05) is 13.4 Å². The third-order valence-electron chi connectivity index (χ3n) is 3.63. The molecule has 2 heterocycles. The first-order chi connectivity index (χ1) is 11.0. The van der Waals surface area contributed by atoms with Crippen molar-refractivity contribution in [3.05, 3.63) is 27.8 Å². The van der Waals surface area contributed by atoms with Crippen molar-refractivity contribution in [3.63, 3.8) is 0 Å². The Balaban J connectivity index is 1.74. The van der Waals surface area contributed by atoms with E-state index in [9.17, 15) is 25.4 Å². The molecule has 1 fully saturated rings. The number of hydrogen-bond donors (Lipinski definition) is 3. The van der Waals surface area contributed by atoms with Crippen molar-refractivity contribution in [2.24, 2.45) is 0 Å². The van der Waals surface area contributed by atoms with Crippen molar-refractivity contribution in [1.82, 2.24) is 0 Å². The van der Waals surface area contributed by atoms with Crippen LogP contribution in [0.3, 0.4) is 0 Å². The van der Waals surface area contributed by atoms with Crippen molar-refractivity contribution < 1.29 is 39.2 Å². The number of nitrogens with zero attached hydrogens (tertiary/aromatic N) is 1. The lowest BCUT2D eigenvalue weighted by Gasteiger charge is -2.34. The molecule has 23 heavy (non-hydrogen) atoms. The first kappa shape index (κ1) is 15.9. The fraction of sp³-hybridized carbons (Fsp3) is 0.538. The van der Waals surface area contributed by atoms with E-state index in [0.717, 1.165) is 0 Å². The van der Waals surface area contributed by atoms with Crippen LogP contribution in [0.25, 0.3) is 0 Å². The Kier molecular flexibility index (Phi) is 4.33. The minimum absolute atomic E-state index is 0.0225. The van der Waals surface area contributed by atoms with Gasteiger partial charge in [0.2, 0.25) is 6.79 Å². The van der Waals surface area contributed by atoms with E-state index in [2.05, 4.69) is 0 Å². The van der Waals surface area contributed by atoms with E-state index in [4.69, 9.17) is 18.9 Å². The Morgan fingerprint density at radius 2 is 1.91 bits per heavy atom. The molecule has 0 aliphatic carbocycles. The number of aliphatic hydroxyl groups excluding tert-OH is 3. The summed E-state index contributed by atoms with van der Waals surface area (Å²) in [5.41, 5.74) is -0.0178. The first-order valence-corrected chi connectivity index (χ1v) is 6.81. The summed E-state index contributed by atoms with van der Waals surface area (Å²) in [6, 6.07) is 2.65. The summed E-state index contributed by atoms with van der Waals surface area (Å²) in [5, 5.41) is 39.9. The van der Waals surface area contributed by atoms with Gasteiger partial charge in [-0.05, 0) is 6.07 Å². The summed E-state index contributed by atoms with van der Waals surface area (Å²) >= 11 is 0. The van der Waals surface area contributed by atoms with Crippen LogP contribution >= 0.6 is 0 Å². The third-order valence-corrected chi connectivity index (χ3v) is 3.63. The van der Waals surface area contributed by atoms with Crippen LogP contribution in [0, 0.1) is 10.1 Å². The maximum atomic E-state index is 11.1. The van der Waals surface area contributed by atoms with Crippen LogP contribution < -0.4 is 9.47 Å². The molecule has 0 bridgehead atoms. The Morgan fingerprint density at radius 3 is 2.61 bits per heavy atom. The summed E-state index contributed by atoms with van der Waals surface area (Å²) in [6.45, 7) is -0.491. The molecule has 3 rings (SSSR count). The van der Waals surface area contributed by atoms with Gasteiger partial charge in [-0.25, -0.2) is 0 Å². The fourth-order valence-corrected chi connectivity index (χ4v) is 2.36. The Labute approximate surface area is 129 Å². The maximum absolute atomic E-state index is 11.1. The zero-order chi connectivity index (χ0) is 16.6. The van der Waals surface area contributed by atoms with Gasteiger partial charge in [-0.15, -0.1) is 0 Å². The predicted octanol–water partition coefficient (Wildman–Crippen LogP) is -0.721. The molecule has 0 radical (unpaired) electrons.